The van der Waals surface area contributed by atoms with Crippen molar-refractivity contribution < 1.29 is 14.3 Å². The molecule has 0 spiro atoms. The van der Waals surface area contributed by atoms with E-state index in [0.717, 1.165) is 24.9 Å². The maximum Gasteiger partial charge on any atom is 0.243 e. The second kappa shape index (κ2) is 11.7. The van der Waals surface area contributed by atoms with E-state index in [4.69, 9.17) is 4.74 Å². The molecule has 0 radical (unpaired) electrons. The summed E-state index contributed by atoms with van der Waals surface area (Å²) in [6.07, 6.45) is 3.57. The average Bonchev–Trinajstić information content (AvgIpc) is 2.68. The Kier molecular flexibility index (Phi) is 9.02. The van der Waals surface area contributed by atoms with Crippen LogP contribution in [-0.4, -0.2) is 24.5 Å². The number of nitrogens with one attached hydrogen (secondary N) is 3. The van der Waals surface area contributed by atoms with Crippen molar-refractivity contribution in [3.8, 4) is 5.75 Å². The second-order valence-electron chi connectivity index (χ2n) is 7.15. The quantitative estimate of drug-likeness (QED) is 0.464. The van der Waals surface area contributed by atoms with Crippen LogP contribution in [-0.2, 0) is 9.59 Å². The Morgan fingerprint density at radius 3 is 2.45 bits per heavy atom. The molecule has 6 heteroatoms. The van der Waals surface area contributed by atoms with Crippen LogP contribution in [0, 0.1) is 0 Å². The van der Waals surface area contributed by atoms with Crippen molar-refractivity contribution in [3.05, 3.63) is 48.5 Å². The minimum absolute atomic E-state index is 0.00935. The molecule has 0 saturated heterocycles. The van der Waals surface area contributed by atoms with E-state index in [2.05, 4.69) is 22.9 Å². The summed E-state index contributed by atoms with van der Waals surface area (Å²) >= 11 is 0. The molecule has 156 valence electrons. The minimum Gasteiger partial charge on any atom is -0.489 e. The minimum atomic E-state index is -0.182. The summed E-state index contributed by atoms with van der Waals surface area (Å²) < 4.78 is 5.72. The van der Waals surface area contributed by atoms with Gasteiger partial charge in [-0.1, -0.05) is 38.0 Å². The Bertz CT molecular complexity index is 805. The Labute approximate surface area is 173 Å². The number of hydrogen-bond donors (Lipinski definition) is 3. The molecule has 3 N–H and O–H groups in total. The number of hydrogen-bond acceptors (Lipinski definition) is 4. The van der Waals surface area contributed by atoms with Crippen molar-refractivity contribution >= 4 is 28.9 Å². The highest BCUT2D eigenvalue weighted by atomic mass is 16.5. The van der Waals surface area contributed by atoms with Crippen LogP contribution in [0.25, 0.3) is 0 Å². The summed E-state index contributed by atoms with van der Waals surface area (Å²) in [6.45, 7) is 6.09. The fourth-order valence-corrected chi connectivity index (χ4v) is 2.77. The summed E-state index contributed by atoms with van der Waals surface area (Å²) in [5, 5.41) is 8.85. The molecule has 2 amide bonds. The normalized spacial score (nSPS) is 10.5. The standard InChI is InChI=1S/C23H31N3O3/c1-4-5-6-14-22(27)25-19-11-9-10-18(15-19)24-16-23(28)26-20-12-7-8-13-21(20)29-17(2)3/h7-13,15,17,24H,4-6,14,16H2,1-3H3,(H,25,27)(H,26,28). The van der Waals surface area contributed by atoms with Crippen molar-refractivity contribution in [2.75, 3.05) is 22.5 Å². The number of benzene rings is 2. The van der Waals surface area contributed by atoms with E-state index >= 15 is 0 Å². The molecule has 0 atom stereocenters. The van der Waals surface area contributed by atoms with Gasteiger partial charge in [-0.05, 0) is 50.6 Å². The molecule has 2 aromatic carbocycles. The van der Waals surface area contributed by atoms with Gasteiger partial charge in [-0.15, -0.1) is 0 Å². The molecule has 0 aliphatic rings. The van der Waals surface area contributed by atoms with Crippen molar-refractivity contribution in [3.63, 3.8) is 0 Å². The Balaban J connectivity index is 1.87. The zero-order valence-corrected chi connectivity index (χ0v) is 17.5. The summed E-state index contributed by atoms with van der Waals surface area (Å²) in [4.78, 5) is 24.3. The van der Waals surface area contributed by atoms with Crippen LogP contribution < -0.4 is 20.7 Å². The number of para-hydroxylation sites is 2. The van der Waals surface area contributed by atoms with Crippen molar-refractivity contribution in [1.29, 1.82) is 0 Å². The smallest absolute Gasteiger partial charge is 0.243 e. The van der Waals surface area contributed by atoms with Gasteiger partial charge in [-0.3, -0.25) is 9.59 Å². The van der Waals surface area contributed by atoms with Crippen LogP contribution in [0.4, 0.5) is 17.1 Å². The molecule has 0 saturated carbocycles. The average molecular weight is 398 g/mol. The van der Waals surface area contributed by atoms with Crippen LogP contribution in [0.15, 0.2) is 48.5 Å². The molecule has 0 bridgehead atoms. The maximum atomic E-state index is 12.3. The van der Waals surface area contributed by atoms with Crippen molar-refractivity contribution in [1.82, 2.24) is 0 Å². The van der Waals surface area contributed by atoms with Crippen LogP contribution >= 0.6 is 0 Å². The maximum absolute atomic E-state index is 12.3. The first-order chi connectivity index (χ1) is 14.0. The van der Waals surface area contributed by atoms with E-state index in [1.807, 2.05) is 62.4 Å². The molecule has 29 heavy (non-hydrogen) atoms. The van der Waals surface area contributed by atoms with Gasteiger partial charge in [0.2, 0.25) is 11.8 Å². The van der Waals surface area contributed by atoms with Gasteiger partial charge >= 0.3 is 0 Å². The third-order valence-electron chi connectivity index (χ3n) is 4.13. The number of carbonyl (C=O) groups is 2. The molecule has 2 aromatic rings. The fraction of sp³-hybridized carbons (Fsp3) is 0.391. The van der Waals surface area contributed by atoms with Crippen molar-refractivity contribution in [2.24, 2.45) is 0 Å². The van der Waals surface area contributed by atoms with Crippen molar-refractivity contribution in [2.45, 2.75) is 52.6 Å². The third-order valence-corrected chi connectivity index (χ3v) is 4.13. The molecule has 0 fully saturated rings. The van der Waals surface area contributed by atoms with Gasteiger partial charge < -0.3 is 20.7 Å². The van der Waals surface area contributed by atoms with Gasteiger partial charge in [0.15, 0.2) is 0 Å². The monoisotopic (exact) mass is 397 g/mol. The lowest BCUT2D eigenvalue weighted by atomic mass is 10.2. The molecular weight excluding hydrogens is 366 g/mol. The molecule has 0 heterocycles. The van der Waals surface area contributed by atoms with E-state index in [0.29, 0.717) is 23.5 Å². The predicted molar refractivity (Wildman–Crippen MR) is 119 cm³/mol. The summed E-state index contributed by atoms with van der Waals surface area (Å²) in [6, 6.07) is 14.7. The fourth-order valence-electron chi connectivity index (χ4n) is 2.77. The van der Waals surface area contributed by atoms with E-state index in [1.54, 1.807) is 0 Å². The number of rotatable bonds is 11. The number of carbonyl (C=O) groups excluding carboxylic acids is 2. The van der Waals surface area contributed by atoms with E-state index in [-0.39, 0.29) is 24.5 Å². The SMILES string of the molecule is CCCCCC(=O)Nc1cccc(NCC(=O)Nc2ccccc2OC(C)C)c1. The molecule has 0 aliphatic heterocycles. The van der Waals surface area contributed by atoms with Crippen LogP contribution in [0.5, 0.6) is 5.75 Å². The predicted octanol–water partition coefficient (Wildman–Crippen LogP) is 5.04. The zero-order chi connectivity index (χ0) is 21.1. The van der Waals surface area contributed by atoms with Gasteiger partial charge in [0.1, 0.15) is 5.75 Å². The van der Waals surface area contributed by atoms with Gasteiger partial charge in [-0.25, -0.2) is 0 Å². The van der Waals surface area contributed by atoms with E-state index in [1.165, 1.54) is 0 Å². The largest absolute Gasteiger partial charge is 0.489 e. The lowest BCUT2D eigenvalue weighted by molar-refractivity contribution is -0.116. The van der Waals surface area contributed by atoms with Gasteiger partial charge in [-0.2, -0.15) is 0 Å². The van der Waals surface area contributed by atoms with Crippen LogP contribution in [0.2, 0.25) is 0 Å². The summed E-state index contributed by atoms with van der Waals surface area (Å²) in [7, 11) is 0. The van der Waals surface area contributed by atoms with E-state index < -0.39 is 0 Å². The first-order valence-corrected chi connectivity index (χ1v) is 10.2. The Morgan fingerprint density at radius 2 is 1.69 bits per heavy atom. The number of unbranched alkanes of at least 4 members (excludes halogenated alkanes) is 2. The lowest BCUT2D eigenvalue weighted by Crippen LogP contribution is -2.22. The topological polar surface area (TPSA) is 79.5 Å². The highest BCUT2D eigenvalue weighted by molar-refractivity contribution is 5.95. The first-order valence-electron chi connectivity index (χ1n) is 10.2. The number of ether oxygens (including phenoxy) is 1. The van der Waals surface area contributed by atoms with Gasteiger partial charge in [0.25, 0.3) is 0 Å². The second-order valence-corrected chi connectivity index (χ2v) is 7.15. The van der Waals surface area contributed by atoms with Gasteiger partial charge in [0, 0.05) is 17.8 Å². The molecule has 0 aliphatic carbocycles. The van der Waals surface area contributed by atoms with E-state index in [9.17, 15) is 9.59 Å². The molecule has 0 unspecified atom stereocenters. The highest BCUT2D eigenvalue weighted by Gasteiger charge is 2.09. The van der Waals surface area contributed by atoms with Crippen LogP contribution in [0.1, 0.15) is 46.5 Å². The van der Waals surface area contributed by atoms with Crippen LogP contribution in [0.3, 0.4) is 0 Å². The molecule has 0 aromatic heterocycles. The highest BCUT2D eigenvalue weighted by Crippen LogP contribution is 2.24. The Morgan fingerprint density at radius 1 is 0.931 bits per heavy atom. The van der Waals surface area contributed by atoms with Gasteiger partial charge in [0.05, 0.1) is 18.3 Å². The zero-order valence-electron chi connectivity index (χ0n) is 17.5. The number of amides is 2. The molecule has 2 rings (SSSR count). The summed E-state index contributed by atoms with van der Waals surface area (Å²) in [5.41, 5.74) is 2.12. The lowest BCUT2D eigenvalue weighted by Gasteiger charge is -2.15. The molecule has 6 nitrogen and oxygen atoms in total. The summed E-state index contributed by atoms with van der Waals surface area (Å²) in [5.74, 6) is 0.470. The first kappa shape index (κ1) is 22.3. The Hall–Kier alpha value is -3.02. The number of anilines is 3. The molecular formula is C23H31N3O3. The third kappa shape index (κ3) is 8.25.